The van der Waals surface area contributed by atoms with E-state index in [4.69, 9.17) is 9.97 Å². The van der Waals surface area contributed by atoms with Gasteiger partial charge in [0.05, 0.1) is 11.8 Å². The largest absolute Gasteiger partial charge is 0.327 e. The Morgan fingerprint density at radius 1 is 0.939 bits per heavy atom. The maximum atomic E-state index is 9.59. The Bertz CT molecular complexity index is 1410. The zero-order valence-electron chi connectivity index (χ0n) is 19.8. The van der Waals surface area contributed by atoms with Crippen LogP contribution in [0.4, 0.5) is 11.4 Å². The van der Waals surface area contributed by atoms with Gasteiger partial charge in [0.2, 0.25) is 0 Å². The fraction of sp³-hybridized carbons (Fsp3) is 0.321. The Morgan fingerprint density at radius 2 is 1.73 bits per heavy atom. The summed E-state index contributed by atoms with van der Waals surface area (Å²) in [5.74, 6) is 1.03. The molecular formula is C28H29N5. The Morgan fingerprint density at radius 3 is 2.48 bits per heavy atom. The van der Waals surface area contributed by atoms with Crippen molar-refractivity contribution in [3.8, 4) is 11.8 Å². The maximum absolute atomic E-state index is 9.59. The highest BCUT2D eigenvalue weighted by Gasteiger charge is 2.24. The molecule has 1 aliphatic rings. The lowest BCUT2D eigenvalue weighted by Crippen LogP contribution is -2.19. The summed E-state index contributed by atoms with van der Waals surface area (Å²) in [5, 5.41) is 9.59. The quantitative estimate of drug-likeness (QED) is 0.373. The van der Waals surface area contributed by atoms with Crippen LogP contribution in [0.25, 0.3) is 16.9 Å². The van der Waals surface area contributed by atoms with E-state index in [9.17, 15) is 5.26 Å². The third-order valence-corrected chi connectivity index (χ3v) is 6.84. The molecule has 0 bridgehead atoms. The van der Waals surface area contributed by atoms with Crippen molar-refractivity contribution in [2.45, 2.75) is 53.4 Å². The van der Waals surface area contributed by atoms with Crippen LogP contribution >= 0.6 is 0 Å². The molecule has 5 heteroatoms. The fourth-order valence-corrected chi connectivity index (χ4v) is 5.14. The number of fused-ring (bicyclic) bond motifs is 3. The van der Waals surface area contributed by atoms with Crippen LogP contribution in [-0.2, 0) is 25.7 Å². The molecule has 5 nitrogen and oxygen atoms in total. The van der Waals surface area contributed by atoms with Crippen molar-refractivity contribution in [2.75, 3.05) is 11.4 Å². The predicted octanol–water partition coefficient (Wildman–Crippen LogP) is 5.92. The van der Waals surface area contributed by atoms with E-state index in [2.05, 4.69) is 85.7 Å². The summed E-state index contributed by atoms with van der Waals surface area (Å²) in [6.07, 6.45) is 3.63. The number of para-hydroxylation sites is 1. The Balaban J connectivity index is 1.75. The first-order valence-corrected chi connectivity index (χ1v) is 11.8. The zero-order chi connectivity index (χ0) is 23.1. The van der Waals surface area contributed by atoms with E-state index in [1.54, 1.807) is 0 Å². The van der Waals surface area contributed by atoms with Gasteiger partial charge in [-0.1, -0.05) is 32.0 Å². The molecule has 0 radical (unpaired) electrons. The highest BCUT2D eigenvalue weighted by atomic mass is 15.2. The van der Waals surface area contributed by atoms with Gasteiger partial charge in [0.25, 0.3) is 0 Å². The van der Waals surface area contributed by atoms with E-state index in [1.165, 1.54) is 22.3 Å². The summed E-state index contributed by atoms with van der Waals surface area (Å²) in [4.78, 5) is 12.1. The maximum Gasteiger partial charge on any atom is 0.165 e. The number of rotatable bonds is 4. The van der Waals surface area contributed by atoms with E-state index in [1.807, 2.05) is 0 Å². The first-order valence-electron chi connectivity index (χ1n) is 11.8. The molecule has 2 aromatic carbocycles. The van der Waals surface area contributed by atoms with Crippen LogP contribution in [0.3, 0.4) is 0 Å². The highest BCUT2D eigenvalue weighted by Crippen LogP contribution is 2.39. The second kappa shape index (κ2) is 8.37. The topological polar surface area (TPSA) is 57.7 Å². The van der Waals surface area contributed by atoms with Crippen molar-refractivity contribution in [3.05, 3.63) is 76.2 Å². The minimum atomic E-state index is 0.331. The molecule has 4 aromatic rings. The van der Waals surface area contributed by atoms with Crippen LogP contribution in [0.15, 0.2) is 42.5 Å². The molecule has 1 aliphatic heterocycles. The van der Waals surface area contributed by atoms with E-state index in [0.29, 0.717) is 6.54 Å². The number of aryl methyl sites for hydroxylation is 4. The number of pyridine rings is 1. The SMILES string of the molecule is CCc1cc(C)c2nc(CC)n(-c3ccc4c(c3C)CCc3ccccc3N4CC#N)c2n1. The third kappa shape index (κ3) is 3.38. The van der Waals surface area contributed by atoms with Crippen molar-refractivity contribution >= 4 is 22.5 Å². The molecule has 5 rings (SSSR count). The van der Waals surface area contributed by atoms with Gasteiger partial charge < -0.3 is 4.90 Å². The summed E-state index contributed by atoms with van der Waals surface area (Å²) in [7, 11) is 0. The smallest absolute Gasteiger partial charge is 0.165 e. The normalized spacial score (nSPS) is 12.9. The van der Waals surface area contributed by atoms with E-state index in [0.717, 1.165) is 65.4 Å². The number of hydrogen-bond donors (Lipinski definition) is 0. The molecule has 0 unspecified atom stereocenters. The lowest BCUT2D eigenvalue weighted by Gasteiger charge is -2.26. The van der Waals surface area contributed by atoms with Gasteiger partial charge in [-0.05, 0) is 79.6 Å². The Labute approximate surface area is 195 Å². The van der Waals surface area contributed by atoms with Crippen LogP contribution in [0.2, 0.25) is 0 Å². The van der Waals surface area contributed by atoms with Crippen LogP contribution in [-0.4, -0.2) is 21.1 Å². The first kappa shape index (κ1) is 21.2. The molecule has 0 aliphatic carbocycles. The van der Waals surface area contributed by atoms with Crippen LogP contribution < -0.4 is 4.90 Å². The zero-order valence-corrected chi connectivity index (χ0v) is 19.8. The molecule has 3 heterocycles. The summed E-state index contributed by atoms with van der Waals surface area (Å²) >= 11 is 0. The first-order chi connectivity index (χ1) is 16.1. The van der Waals surface area contributed by atoms with Gasteiger partial charge in [-0.3, -0.25) is 4.57 Å². The molecule has 0 fully saturated rings. The van der Waals surface area contributed by atoms with Gasteiger partial charge in [-0.25, -0.2) is 9.97 Å². The fourth-order valence-electron chi connectivity index (χ4n) is 5.14. The van der Waals surface area contributed by atoms with Crippen molar-refractivity contribution in [2.24, 2.45) is 0 Å². The third-order valence-electron chi connectivity index (χ3n) is 6.84. The molecule has 0 saturated carbocycles. The molecule has 0 spiro atoms. The molecule has 2 aromatic heterocycles. The number of benzene rings is 2. The van der Waals surface area contributed by atoms with Crippen LogP contribution in [0.5, 0.6) is 0 Å². The minimum Gasteiger partial charge on any atom is -0.327 e. The second-order valence-corrected chi connectivity index (χ2v) is 8.75. The van der Waals surface area contributed by atoms with E-state index in [-0.39, 0.29) is 0 Å². The molecule has 0 amide bonds. The minimum absolute atomic E-state index is 0.331. The number of aromatic nitrogens is 3. The molecule has 0 saturated heterocycles. The molecule has 0 N–H and O–H groups in total. The van der Waals surface area contributed by atoms with Gasteiger partial charge in [-0.2, -0.15) is 5.26 Å². The van der Waals surface area contributed by atoms with E-state index >= 15 is 0 Å². The van der Waals surface area contributed by atoms with Crippen molar-refractivity contribution in [1.29, 1.82) is 5.26 Å². The van der Waals surface area contributed by atoms with Gasteiger partial charge in [0.1, 0.15) is 17.9 Å². The molecule has 0 atom stereocenters. The van der Waals surface area contributed by atoms with Crippen molar-refractivity contribution in [1.82, 2.24) is 14.5 Å². The van der Waals surface area contributed by atoms with Crippen LogP contribution in [0.1, 0.15) is 47.6 Å². The summed E-state index contributed by atoms with van der Waals surface area (Å²) < 4.78 is 2.25. The van der Waals surface area contributed by atoms with E-state index < -0.39 is 0 Å². The lowest BCUT2D eigenvalue weighted by molar-refractivity contribution is 0.883. The van der Waals surface area contributed by atoms with Crippen LogP contribution in [0, 0.1) is 25.2 Å². The number of nitrogens with zero attached hydrogens (tertiary/aromatic N) is 5. The Kier molecular flexibility index (Phi) is 5.38. The van der Waals surface area contributed by atoms with Gasteiger partial charge in [0, 0.05) is 23.5 Å². The Hall–Kier alpha value is -3.65. The van der Waals surface area contributed by atoms with Gasteiger partial charge in [0.15, 0.2) is 5.65 Å². The monoisotopic (exact) mass is 435 g/mol. The second-order valence-electron chi connectivity index (χ2n) is 8.75. The molecule has 166 valence electrons. The summed E-state index contributed by atoms with van der Waals surface area (Å²) in [6.45, 7) is 8.96. The number of hydrogen-bond acceptors (Lipinski definition) is 4. The average molecular weight is 436 g/mol. The number of nitriles is 1. The summed E-state index contributed by atoms with van der Waals surface area (Å²) in [5.41, 5.74) is 11.4. The predicted molar refractivity (Wildman–Crippen MR) is 134 cm³/mol. The molecule has 33 heavy (non-hydrogen) atoms. The lowest BCUT2D eigenvalue weighted by atomic mass is 9.98. The van der Waals surface area contributed by atoms with Gasteiger partial charge in [-0.15, -0.1) is 0 Å². The highest BCUT2D eigenvalue weighted by molar-refractivity contribution is 5.80. The van der Waals surface area contributed by atoms with Crippen molar-refractivity contribution < 1.29 is 0 Å². The number of anilines is 2. The standard InChI is InChI=1S/C28H29N5/c1-5-21-17-18(3)27-28(30-21)33(26(6-2)31-27)23-13-14-25-22(19(23)4)12-11-20-9-7-8-10-24(20)32(25)16-15-29/h7-10,13-14,17H,5-6,11-12,16H2,1-4H3. The average Bonchev–Trinajstić information content (AvgIpc) is 3.12. The number of imidazole rings is 1. The van der Waals surface area contributed by atoms with Gasteiger partial charge >= 0.3 is 0 Å². The summed E-state index contributed by atoms with van der Waals surface area (Å²) in [6, 6.07) is 17.3. The van der Waals surface area contributed by atoms with Crippen molar-refractivity contribution in [3.63, 3.8) is 0 Å². The molecular weight excluding hydrogens is 406 g/mol.